The second-order valence-electron chi connectivity index (χ2n) is 6.27. The van der Waals surface area contributed by atoms with E-state index >= 15 is 0 Å². The first kappa shape index (κ1) is 16.2. The van der Waals surface area contributed by atoms with Crippen LogP contribution in [0.15, 0.2) is 21.5 Å². The minimum Gasteiger partial charge on any atom is -0.441 e. The van der Waals surface area contributed by atoms with Crippen LogP contribution in [-0.2, 0) is 9.53 Å². The lowest BCUT2D eigenvalue weighted by molar-refractivity contribution is -0.123. The van der Waals surface area contributed by atoms with Crippen molar-refractivity contribution in [2.75, 3.05) is 31.2 Å². The minimum atomic E-state index is 0.0289. The van der Waals surface area contributed by atoms with Crippen LogP contribution in [0.25, 0.3) is 6.08 Å². The Morgan fingerprint density at radius 3 is 2.71 bits per heavy atom. The second-order valence-corrected chi connectivity index (χ2v) is 7.94. The monoisotopic (exact) mass is 364 g/mol. The smallest absolute Gasteiger partial charge is 0.266 e. The molecule has 7 heteroatoms. The summed E-state index contributed by atoms with van der Waals surface area (Å²) < 4.78 is 11.9. The molecular weight excluding hydrogens is 344 g/mol. The molecular formula is C17H20N2O3S2. The zero-order valence-electron chi connectivity index (χ0n) is 13.4. The summed E-state index contributed by atoms with van der Waals surface area (Å²) in [6, 6.07) is 4.14. The van der Waals surface area contributed by atoms with E-state index in [1.54, 1.807) is 0 Å². The third kappa shape index (κ3) is 3.12. The summed E-state index contributed by atoms with van der Waals surface area (Å²) in [6.45, 7) is 3.10. The van der Waals surface area contributed by atoms with E-state index in [1.165, 1.54) is 24.6 Å². The third-order valence-corrected chi connectivity index (χ3v) is 6.05. The summed E-state index contributed by atoms with van der Waals surface area (Å²) >= 11 is 6.81. The number of amides is 1. The summed E-state index contributed by atoms with van der Waals surface area (Å²) in [5.74, 6) is 1.56. The SMILES string of the molecule is O=C1/C(=C/c2ccc(N3CCOCC3)o2)SC(=S)N1C1CCCC1. The number of morpholine rings is 1. The van der Waals surface area contributed by atoms with Crippen LogP contribution >= 0.6 is 24.0 Å². The van der Waals surface area contributed by atoms with Crippen molar-refractivity contribution in [2.24, 2.45) is 0 Å². The van der Waals surface area contributed by atoms with Gasteiger partial charge in [0.2, 0.25) is 0 Å². The number of anilines is 1. The van der Waals surface area contributed by atoms with E-state index in [4.69, 9.17) is 21.4 Å². The molecule has 5 nitrogen and oxygen atoms in total. The van der Waals surface area contributed by atoms with Crippen LogP contribution in [-0.4, -0.2) is 47.5 Å². The van der Waals surface area contributed by atoms with E-state index < -0.39 is 0 Å². The van der Waals surface area contributed by atoms with Gasteiger partial charge in [-0.15, -0.1) is 0 Å². The molecule has 1 saturated carbocycles. The van der Waals surface area contributed by atoms with Gasteiger partial charge in [0.15, 0.2) is 5.88 Å². The van der Waals surface area contributed by atoms with Gasteiger partial charge in [-0.3, -0.25) is 9.69 Å². The Balaban J connectivity index is 1.50. The van der Waals surface area contributed by atoms with Crippen molar-refractivity contribution < 1.29 is 13.9 Å². The van der Waals surface area contributed by atoms with Gasteiger partial charge in [-0.1, -0.05) is 36.8 Å². The summed E-state index contributed by atoms with van der Waals surface area (Å²) in [7, 11) is 0. The lowest BCUT2D eigenvalue weighted by Gasteiger charge is -2.26. The number of nitrogens with zero attached hydrogens (tertiary/aromatic N) is 2. The average molecular weight is 364 g/mol. The van der Waals surface area contributed by atoms with E-state index in [0.717, 1.165) is 45.0 Å². The molecule has 0 unspecified atom stereocenters. The molecule has 3 heterocycles. The Morgan fingerprint density at radius 2 is 1.96 bits per heavy atom. The fourth-order valence-electron chi connectivity index (χ4n) is 3.46. The Morgan fingerprint density at radius 1 is 1.21 bits per heavy atom. The van der Waals surface area contributed by atoms with Crippen molar-refractivity contribution in [3.8, 4) is 0 Å². The Kier molecular flexibility index (Phi) is 4.65. The van der Waals surface area contributed by atoms with Gasteiger partial charge in [-0.05, 0) is 18.9 Å². The van der Waals surface area contributed by atoms with Gasteiger partial charge in [-0.2, -0.15) is 0 Å². The zero-order chi connectivity index (χ0) is 16.5. The number of carbonyl (C=O) groups excluding carboxylic acids is 1. The summed E-state index contributed by atoms with van der Waals surface area (Å²) in [5, 5.41) is 0. The van der Waals surface area contributed by atoms with E-state index in [9.17, 15) is 4.79 Å². The number of thioether (sulfide) groups is 1. The average Bonchev–Trinajstić information content (AvgIpc) is 3.31. The normalized spacial score (nSPS) is 24.6. The van der Waals surface area contributed by atoms with E-state index in [1.807, 2.05) is 23.1 Å². The lowest BCUT2D eigenvalue weighted by atomic mass is 10.2. The molecule has 2 saturated heterocycles. The standard InChI is InChI=1S/C17H20N2O3S2/c20-16-14(24-17(23)19(16)12-3-1-2-4-12)11-13-5-6-15(22-13)18-7-9-21-10-8-18/h5-6,11-12H,1-4,7-10H2/b14-11-. The quantitative estimate of drug-likeness (QED) is 0.606. The number of hydrogen-bond acceptors (Lipinski definition) is 6. The molecule has 1 aliphatic carbocycles. The molecule has 0 radical (unpaired) electrons. The molecule has 24 heavy (non-hydrogen) atoms. The first-order chi connectivity index (χ1) is 11.7. The van der Waals surface area contributed by atoms with Crippen molar-refractivity contribution in [1.82, 2.24) is 4.90 Å². The van der Waals surface area contributed by atoms with Crippen LogP contribution in [0.2, 0.25) is 0 Å². The van der Waals surface area contributed by atoms with Gasteiger partial charge in [0.1, 0.15) is 10.1 Å². The largest absolute Gasteiger partial charge is 0.441 e. The van der Waals surface area contributed by atoms with Gasteiger partial charge >= 0.3 is 0 Å². The van der Waals surface area contributed by atoms with Gasteiger partial charge in [0, 0.05) is 31.3 Å². The molecule has 128 valence electrons. The number of rotatable bonds is 3. The van der Waals surface area contributed by atoms with Crippen LogP contribution in [0.4, 0.5) is 5.88 Å². The second kappa shape index (κ2) is 6.90. The maximum absolute atomic E-state index is 12.7. The van der Waals surface area contributed by atoms with Crippen LogP contribution in [0.5, 0.6) is 0 Å². The fourth-order valence-corrected chi connectivity index (χ4v) is 4.84. The van der Waals surface area contributed by atoms with Crippen LogP contribution in [0, 0.1) is 0 Å². The van der Waals surface area contributed by atoms with E-state index in [2.05, 4.69) is 4.90 Å². The molecule has 1 aromatic heterocycles. The molecule has 0 N–H and O–H groups in total. The number of carbonyl (C=O) groups is 1. The van der Waals surface area contributed by atoms with Crippen molar-refractivity contribution in [1.29, 1.82) is 0 Å². The van der Waals surface area contributed by atoms with Crippen molar-refractivity contribution >= 4 is 46.2 Å². The molecule has 3 aliphatic rings. The molecule has 3 fully saturated rings. The van der Waals surface area contributed by atoms with Gasteiger partial charge in [-0.25, -0.2) is 0 Å². The van der Waals surface area contributed by atoms with Crippen LogP contribution < -0.4 is 4.90 Å². The minimum absolute atomic E-state index is 0.0289. The first-order valence-electron chi connectivity index (χ1n) is 8.42. The molecule has 0 aromatic carbocycles. The predicted octanol–water partition coefficient (Wildman–Crippen LogP) is 3.26. The highest BCUT2D eigenvalue weighted by atomic mass is 32.2. The predicted molar refractivity (Wildman–Crippen MR) is 99.0 cm³/mol. The Hall–Kier alpha value is -1.31. The summed E-state index contributed by atoms with van der Waals surface area (Å²) in [5.41, 5.74) is 0. The molecule has 2 aliphatic heterocycles. The molecule has 0 atom stereocenters. The number of ether oxygens (including phenoxy) is 1. The van der Waals surface area contributed by atoms with E-state index in [-0.39, 0.29) is 11.9 Å². The van der Waals surface area contributed by atoms with Gasteiger partial charge < -0.3 is 14.1 Å². The number of hydrogen-bond donors (Lipinski definition) is 0. The maximum Gasteiger partial charge on any atom is 0.266 e. The lowest BCUT2D eigenvalue weighted by Crippen LogP contribution is -2.36. The molecule has 4 rings (SSSR count). The van der Waals surface area contributed by atoms with Crippen molar-refractivity contribution in [2.45, 2.75) is 31.7 Å². The Labute approximate surface area is 151 Å². The third-order valence-electron chi connectivity index (χ3n) is 4.72. The topological polar surface area (TPSA) is 45.9 Å². The number of furan rings is 1. The Bertz CT molecular complexity index is 673. The van der Waals surface area contributed by atoms with Crippen LogP contribution in [0.1, 0.15) is 31.4 Å². The highest BCUT2D eigenvalue weighted by Gasteiger charge is 2.38. The molecule has 0 bridgehead atoms. The highest BCUT2D eigenvalue weighted by molar-refractivity contribution is 8.26. The van der Waals surface area contributed by atoms with Crippen molar-refractivity contribution in [3.63, 3.8) is 0 Å². The van der Waals surface area contributed by atoms with E-state index in [0.29, 0.717) is 15.0 Å². The first-order valence-corrected chi connectivity index (χ1v) is 9.64. The van der Waals surface area contributed by atoms with Crippen molar-refractivity contribution in [3.05, 3.63) is 22.8 Å². The fraction of sp³-hybridized carbons (Fsp3) is 0.529. The summed E-state index contributed by atoms with van der Waals surface area (Å²) in [6.07, 6.45) is 6.30. The molecule has 0 spiro atoms. The van der Waals surface area contributed by atoms with Gasteiger partial charge in [0.05, 0.1) is 18.1 Å². The highest BCUT2D eigenvalue weighted by Crippen LogP contribution is 2.38. The summed E-state index contributed by atoms with van der Waals surface area (Å²) in [4.78, 5) is 17.3. The molecule has 1 amide bonds. The van der Waals surface area contributed by atoms with Gasteiger partial charge in [0.25, 0.3) is 5.91 Å². The number of thiocarbonyl (C=S) groups is 1. The zero-order valence-corrected chi connectivity index (χ0v) is 15.0. The van der Waals surface area contributed by atoms with Crippen LogP contribution in [0.3, 0.4) is 0 Å². The maximum atomic E-state index is 12.7. The molecule has 1 aromatic rings.